The van der Waals surface area contributed by atoms with Gasteiger partial charge in [0.05, 0.1) is 19.3 Å². The summed E-state index contributed by atoms with van der Waals surface area (Å²) in [6.45, 7) is 9.16. The highest BCUT2D eigenvalue weighted by molar-refractivity contribution is 5.77. The number of carboxylic acids is 1. The average molecular weight is 300 g/mol. The minimum Gasteiger partial charge on any atom is -0.481 e. The van der Waals surface area contributed by atoms with Crippen LogP contribution in [0.1, 0.15) is 40.5 Å². The molecule has 1 aliphatic heterocycles. The number of hydrogen-bond acceptors (Lipinski definition) is 3. The third-order valence-corrected chi connectivity index (χ3v) is 4.05. The summed E-state index contributed by atoms with van der Waals surface area (Å²) in [5.74, 6) is -1.19. The Kier molecular flexibility index (Phi) is 6.95. The first-order valence-electron chi connectivity index (χ1n) is 7.79. The molecule has 3 atom stereocenters. The first-order chi connectivity index (χ1) is 9.92. The molecule has 1 fully saturated rings. The maximum absolute atomic E-state index is 12.5. The minimum absolute atomic E-state index is 0.0995. The van der Waals surface area contributed by atoms with Crippen LogP contribution in [0.25, 0.3) is 0 Å². The van der Waals surface area contributed by atoms with Crippen molar-refractivity contribution in [1.29, 1.82) is 0 Å². The number of amides is 2. The van der Waals surface area contributed by atoms with Crippen LogP contribution in [0.4, 0.5) is 4.79 Å². The molecular formula is C15H28N2O4. The fraction of sp³-hybridized carbons (Fsp3) is 0.867. The zero-order chi connectivity index (χ0) is 16.0. The summed E-state index contributed by atoms with van der Waals surface area (Å²) in [6.07, 6.45) is 1.64. The standard InChI is InChI=1S/C15H28N2O4/c1-5-7-17(13-9-21-8-11(13)14(18)19)15(20)16-12(6-2)10(3)4/h10-13H,5-9H2,1-4H3,(H,16,20)(H,18,19). The number of nitrogens with zero attached hydrogens (tertiary/aromatic N) is 1. The number of nitrogens with one attached hydrogen (secondary N) is 1. The predicted molar refractivity (Wildman–Crippen MR) is 80.2 cm³/mol. The van der Waals surface area contributed by atoms with E-state index in [0.29, 0.717) is 19.1 Å². The fourth-order valence-corrected chi connectivity index (χ4v) is 2.73. The number of ether oxygens (including phenoxy) is 1. The van der Waals surface area contributed by atoms with Crippen molar-refractivity contribution < 1.29 is 19.4 Å². The molecule has 1 saturated heterocycles. The largest absolute Gasteiger partial charge is 0.481 e. The van der Waals surface area contributed by atoms with E-state index in [1.165, 1.54) is 0 Å². The highest BCUT2D eigenvalue weighted by atomic mass is 16.5. The van der Waals surface area contributed by atoms with E-state index in [2.05, 4.69) is 19.2 Å². The SMILES string of the molecule is CCCN(C(=O)NC(CC)C(C)C)C1COCC1C(=O)O. The summed E-state index contributed by atoms with van der Waals surface area (Å²) in [7, 11) is 0. The summed E-state index contributed by atoms with van der Waals surface area (Å²) in [5, 5.41) is 12.3. The van der Waals surface area contributed by atoms with Gasteiger partial charge < -0.3 is 20.1 Å². The normalized spacial score (nSPS) is 23.1. The van der Waals surface area contributed by atoms with Crippen LogP contribution in [0.2, 0.25) is 0 Å². The topological polar surface area (TPSA) is 78.9 Å². The third-order valence-electron chi connectivity index (χ3n) is 4.05. The van der Waals surface area contributed by atoms with E-state index in [0.717, 1.165) is 12.8 Å². The second-order valence-corrected chi connectivity index (χ2v) is 5.95. The monoisotopic (exact) mass is 300 g/mol. The lowest BCUT2D eigenvalue weighted by Gasteiger charge is -2.32. The maximum Gasteiger partial charge on any atom is 0.317 e. The molecule has 0 aromatic rings. The Morgan fingerprint density at radius 3 is 2.48 bits per heavy atom. The summed E-state index contributed by atoms with van der Waals surface area (Å²) >= 11 is 0. The molecule has 2 N–H and O–H groups in total. The molecule has 122 valence electrons. The van der Waals surface area contributed by atoms with Gasteiger partial charge in [-0.15, -0.1) is 0 Å². The lowest BCUT2D eigenvalue weighted by molar-refractivity contribution is -0.142. The van der Waals surface area contributed by atoms with Gasteiger partial charge in [0, 0.05) is 12.6 Å². The van der Waals surface area contributed by atoms with Gasteiger partial charge in [-0.2, -0.15) is 0 Å². The Labute approximate surface area is 126 Å². The Morgan fingerprint density at radius 2 is 2.00 bits per heavy atom. The molecule has 6 heteroatoms. The van der Waals surface area contributed by atoms with E-state index >= 15 is 0 Å². The molecule has 3 unspecified atom stereocenters. The van der Waals surface area contributed by atoms with Crippen molar-refractivity contribution in [2.24, 2.45) is 11.8 Å². The number of urea groups is 1. The molecule has 0 spiro atoms. The molecule has 21 heavy (non-hydrogen) atoms. The highest BCUT2D eigenvalue weighted by Gasteiger charge is 2.40. The number of carboxylic acid groups (broad SMARTS) is 1. The number of carbonyl (C=O) groups excluding carboxylic acids is 1. The van der Waals surface area contributed by atoms with E-state index in [1.807, 2.05) is 13.8 Å². The van der Waals surface area contributed by atoms with Gasteiger partial charge in [-0.05, 0) is 18.8 Å². The lowest BCUT2D eigenvalue weighted by Crippen LogP contribution is -2.53. The Balaban J connectivity index is 2.80. The van der Waals surface area contributed by atoms with Gasteiger partial charge in [0.15, 0.2) is 0 Å². The molecule has 0 aliphatic carbocycles. The molecular weight excluding hydrogens is 272 g/mol. The van der Waals surface area contributed by atoms with Gasteiger partial charge in [0.1, 0.15) is 5.92 Å². The van der Waals surface area contributed by atoms with Crippen LogP contribution >= 0.6 is 0 Å². The maximum atomic E-state index is 12.5. The van der Waals surface area contributed by atoms with Crippen molar-refractivity contribution in [3.05, 3.63) is 0 Å². The van der Waals surface area contributed by atoms with E-state index < -0.39 is 11.9 Å². The van der Waals surface area contributed by atoms with Crippen LogP contribution in [0.3, 0.4) is 0 Å². The van der Waals surface area contributed by atoms with Crippen LogP contribution in [0, 0.1) is 11.8 Å². The molecule has 1 rings (SSSR count). The van der Waals surface area contributed by atoms with Crippen molar-refractivity contribution in [2.75, 3.05) is 19.8 Å². The molecule has 0 saturated carbocycles. The van der Waals surface area contributed by atoms with Gasteiger partial charge in [0.2, 0.25) is 0 Å². The van der Waals surface area contributed by atoms with E-state index in [-0.39, 0.29) is 24.7 Å². The molecule has 0 bridgehead atoms. The van der Waals surface area contributed by atoms with Gasteiger partial charge >= 0.3 is 12.0 Å². The molecule has 6 nitrogen and oxygen atoms in total. The molecule has 0 aromatic heterocycles. The summed E-state index contributed by atoms with van der Waals surface area (Å²) in [4.78, 5) is 25.5. The second-order valence-electron chi connectivity index (χ2n) is 5.95. The van der Waals surface area contributed by atoms with E-state index in [4.69, 9.17) is 4.74 Å². The smallest absolute Gasteiger partial charge is 0.317 e. The van der Waals surface area contributed by atoms with Gasteiger partial charge in [-0.1, -0.05) is 27.7 Å². The number of rotatable bonds is 7. The van der Waals surface area contributed by atoms with Crippen molar-refractivity contribution in [1.82, 2.24) is 10.2 Å². The van der Waals surface area contributed by atoms with Crippen molar-refractivity contribution in [3.63, 3.8) is 0 Å². The number of aliphatic carboxylic acids is 1. The fourth-order valence-electron chi connectivity index (χ4n) is 2.73. The zero-order valence-corrected chi connectivity index (χ0v) is 13.5. The second kappa shape index (κ2) is 8.22. The quantitative estimate of drug-likeness (QED) is 0.753. The van der Waals surface area contributed by atoms with Crippen LogP contribution in [0.15, 0.2) is 0 Å². The summed E-state index contributed by atoms with van der Waals surface area (Å²) < 4.78 is 5.28. The predicted octanol–water partition coefficient (Wildman–Crippen LogP) is 1.94. The minimum atomic E-state index is -0.901. The van der Waals surface area contributed by atoms with Gasteiger partial charge in [-0.3, -0.25) is 4.79 Å². The van der Waals surface area contributed by atoms with Crippen molar-refractivity contribution >= 4 is 12.0 Å². The first kappa shape index (κ1) is 17.8. The summed E-state index contributed by atoms with van der Waals surface area (Å²) in [6, 6.07) is -0.464. The first-order valence-corrected chi connectivity index (χ1v) is 7.79. The zero-order valence-electron chi connectivity index (χ0n) is 13.5. The van der Waals surface area contributed by atoms with Crippen LogP contribution in [-0.4, -0.2) is 53.8 Å². The summed E-state index contributed by atoms with van der Waals surface area (Å²) in [5.41, 5.74) is 0. The molecule has 0 aromatic carbocycles. The Hall–Kier alpha value is -1.30. The molecule has 0 radical (unpaired) electrons. The average Bonchev–Trinajstić information content (AvgIpc) is 2.90. The Morgan fingerprint density at radius 1 is 1.33 bits per heavy atom. The van der Waals surface area contributed by atoms with Crippen LogP contribution in [0.5, 0.6) is 0 Å². The third kappa shape index (κ3) is 4.59. The van der Waals surface area contributed by atoms with Gasteiger partial charge in [-0.25, -0.2) is 4.79 Å². The van der Waals surface area contributed by atoms with Crippen LogP contribution < -0.4 is 5.32 Å². The number of hydrogen-bond donors (Lipinski definition) is 2. The van der Waals surface area contributed by atoms with Crippen molar-refractivity contribution in [3.8, 4) is 0 Å². The number of carbonyl (C=O) groups is 2. The molecule has 1 aliphatic rings. The van der Waals surface area contributed by atoms with Gasteiger partial charge in [0.25, 0.3) is 0 Å². The van der Waals surface area contributed by atoms with E-state index in [9.17, 15) is 14.7 Å². The van der Waals surface area contributed by atoms with E-state index in [1.54, 1.807) is 4.90 Å². The molecule has 2 amide bonds. The molecule has 1 heterocycles. The Bertz CT molecular complexity index is 360. The lowest BCUT2D eigenvalue weighted by atomic mass is 10.0. The van der Waals surface area contributed by atoms with Crippen molar-refractivity contribution in [2.45, 2.75) is 52.6 Å². The van der Waals surface area contributed by atoms with Crippen LogP contribution in [-0.2, 0) is 9.53 Å². The highest BCUT2D eigenvalue weighted by Crippen LogP contribution is 2.21.